The molecule has 5 heteroatoms. The summed E-state index contributed by atoms with van der Waals surface area (Å²) in [7, 11) is 3.25. The van der Waals surface area contributed by atoms with Crippen molar-refractivity contribution in [2.75, 3.05) is 27.4 Å². The minimum atomic E-state index is -0.172. The number of rotatable bonds is 7. The van der Waals surface area contributed by atoms with Crippen LogP contribution in [0.5, 0.6) is 11.5 Å². The van der Waals surface area contributed by atoms with Crippen LogP contribution in [0.2, 0.25) is 0 Å². The van der Waals surface area contributed by atoms with Crippen LogP contribution in [0.4, 0.5) is 0 Å². The first-order valence-corrected chi connectivity index (χ1v) is 6.88. The van der Waals surface area contributed by atoms with Crippen molar-refractivity contribution in [3.8, 4) is 11.5 Å². The van der Waals surface area contributed by atoms with Crippen LogP contribution in [-0.4, -0.2) is 34.3 Å². The number of methoxy groups -OCH3 is 2. The standard InChI is InChI=1S/C16H20BNO3/c1-19-15-9-8-14(12-16(15)20-2)17(21-11-10-18)13-6-4-3-5-7-13/h3-9,12H,10-11,18H2,1-2H3. The van der Waals surface area contributed by atoms with E-state index in [-0.39, 0.29) is 6.92 Å². The molecule has 2 N–H and O–H groups in total. The molecule has 2 aromatic carbocycles. The minimum absolute atomic E-state index is 0.172. The Morgan fingerprint density at radius 1 is 0.905 bits per heavy atom. The van der Waals surface area contributed by atoms with Crippen molar-refractivity contribution >= 4 is 17.8 Å². The Balaban J connectivity index is 2.36. The molecule has 4 nitrogen and oxygen atoms in total. The van der Waals surface area contributed by atoms with Gasteiger partial charge in [-0.15, -0.1) is 0 Å². The molecule has 0 heterocycles. The van der Waals surface area contributed by atoms with Gasteiger partial charge >= 0.3 is 6.92 Å². The predicted molar refractivity (Wildman–Crippen MR) is 86.0 cm³/mol. The Hall–Kier alpha value is -1.98. The van der Waals surface area contributed by atoms with Gasteiger partial charge in [0.25, 0.3) is 0 Å². The van der Waals surface area contributed by atoms with Crippen LogP contribution in [0.25, 0.3) is 0 Å². The van der Waals surface area contributed by atoms with E-state index >= 15 is 0 Å². The summed E-state index contributed by atoms with van der Waals surface area (Å²) in [4.78, 5) is 0. The molecule has 0 atom stereocenters. The van der Waals surface area contributed by atoms with Crippen molar-refractivity contribution in [3.63, 3.8) is 0 Å². The van der Waals surface area contributed by atoms with Crippen molar-refractivity contribution in [2.45, 2.75) is 0 Å². The monoisotopic (exact) mass is 285 g/mol. The number of benzene rings is 2. The molecule has 0 aliphatic rings. The van der Waals surface area contributed by atoms with Crippen molar-refractivity contribution in [3.05, 3.63) is 48.5 Å². The molecule has 0 aliphatic carbocycles. The van der Waals surface area contributed by atoms with Crippen LogP contribution < -0.4 is 26.1 Å². The summed E-state index contributed by atoms with van der Waals surface area (Å²) in [6, 6.07) is 15.9. The molecule has 0 saturated heterocycles. The van der Waals surface area contributed by atoms with Gasteiger partial charge in [-0.1, -0.05) is 36.4 Å². The first-order valence-electron chi connectivity index (χ1n) is 6.88. The van der Waals surface area contributed by atoms with Crippen LogP contribution >= 0.6 is 0 Å². The van der Waals surface area contributed by atoms with E-state index in [9.17, 15) is 0 Å². The molecule has 0 radical (unpaired) electrons. The molecule has 0 amide bonds. The average molecular weight is 285 g/mol. The smallest absolute Gasteiger partial charge is 0.361 e. The molecule has 2 aromatic rings. The first-order chi connectivity index (χ1) is 10.3. The summed E-state index contributed by atoms with van der Waals surface area (Å²) in [5.74, 6) is 1.39. The largest absolute Gasteiger partial charge is 0.493 e. The summed E-state index contributed by atoms with van der Waals surface area (Å²) in [5.41, 5.74) is 7.65. The van der Waals surface area contributed by atoms with Crippen molar-refractivity contribution in [2.24, 2.45) is 5.73 Å². The SMILES string of the molecule is COc1ccc(B(OCCN)c2ccccc2)cc1OC. The lowest BCUT2D eigenvalue weighted by atomic mass is 9.55. The highest BCUT2D eigenvalue weighted by molar-refractivity contribution is 6.80. The third kappa shape index (κ3) is 3.77. The summed E-state index contributed by atoms with van der Waals surface area (Å²) in [6.45, 7) is 0.805. The third-order valence-electron chi connectivity index (χ3n) is 3.22. The highest BCUT2D eigenvalue weighted by Crippen LogP contribution is 2.24. The lowest BCUT2D eigenvalue weighted by Crippen LogP contribution is -2.45. The van der Waals surface area contributed by atoms with Gasteiger partial charge < -0.3 is 19.9 Å². The van der Waals surface area contributed by atoms with E-state index in [1.807, 2.05) is 48.5 Å². The molecule has 0 aromatic heterocycles. The number of hydrogen-bond donors (Lipinski definition) is 1. The fourth-order valence-corrected chi connectivity index (χ4v) is 2.21. The zero-order valence-corrected chi connectivity index (χ0v) is 12.4. The zero-order valence-electron chi connectivity index (χ0n) is 12.4. The predicted octanol–water partition coefficient (Wildman–Crippen LogP) is 0.785. The van der Waals surface area contributed by atoms with E-state index < -0.39 is 0 Å². The van der Waals surface area contributed by atoms with Gasteiger partial charge in [-0.2, -0.15) is 0 Å². The third-order valence-corrected chi connectivity index (χ3v) is 3.22. The average Bonchev–Trinajstić information content (AvgIpc) is 2.56. The van der Waals surface area contributed by atoms with Crippen molar-refractivity contribution in [1.29, 1.82) is 0 Å². The maximum absolute atomic E-state index is 5.92. The lowest BCUT2D eigenvalue weighted by molar-refractivity contribution is 0.343. The highest BCUT2D eigenvalue weighted by Gasteiger charge is 2.22. The van der Waals surface area contributed by atoms with Crippen LogP contribution in [0.15, 0.2) is 48.5 Å². The first kappa shape index (κ1) is 15.4. The second-order valence-corrected chi connectivity index (χ2v) is 4.56. The lowest BCUT2D eigenvalue weighted by Gasteiger charge is -2.16. The van der Waals surface area contributed by atoms with E-state index in [1.54, 1.807) is 14.2 Å². The van der Waals surface area contributed by atoms with E-state index in [4.69, 9.17) is 19.9 Å². The molecular weight excluding hydrogens is 265 g/mol. The second-order valence-electron chi connectivity index (χ2n) is 4.56. The maximum atomic E-state index is 5.92. The van der Waals surface area contributed by atoms with E-state index in [2.05, 4.69) is 0 Å². The molecule has 110 valence electrons. The molecule has 0 saturated carbocycles. The number of ether oxygens (including phenoxy) is 2. The van der Waals surface area contributed by atoms with Gasteiger partial charge in [0.15, 0.2) is 11.5 Å². The molecule has 0 fully saturated rings. The topological polar surface area (TPSA) is 53.7 Å². The van der Waals surface area contributed by atoms with Gasteiger partial charge in [0.05, 0.1) is 14.2 Å². The number of nitrogens with two attached hydrogens (primary N) is 1. The van der Waals surface area contributed by atoms with E-state index in [0.717, 1.165) is 10.9 Å². The number of hydrogen-bond acceptors (Lipinski definition) is 4. The highest BCUT2D eigenvalue weighted by atomic mass is 16.5. The van der Waals surface area contributed by atoms with Crippen molar-refractivity contribution < 1.29 is 14.1 Å². The van der Waals surface area contributed by atoms with Gasteiger partial charge in [-0.3, -0.25) is 0 Å². The Labute approximate surface area is 125 Å². The second kappa shape index (κ2) is 7.71. The maximum Gasteiger partial charge on any atom is 0.361 e. The Bertz CT molecular complexity index is 563. The van der Waals surface area contributed by atoms with E-state index in [0.29, 0.717) is 24.7 Å². The minimum Gasteiger partial charge on any atom is -0.493 e. The summed E-state index contributed by atoms with van der Waals surface area (Å²) >= 11 is 0. The molecule has 2 rings (SSSR count). The summed E-state index contributed by atoms with van der Waals surface area (Å²) in [6.07, 6.45) is 0. The normalized spacial score (nSPS) is 10.2. The zero-order chi connectivity index (χ0) is 15.1. The molecule has 0 bridgehead atoms. The summed E-state index contributed by atoms with van der Waals surface area (Å²) in [5, 5.41) is 0. The van der Waals surface area contributed by atoms with Gasteiger partial charge in [-0.25, -0.2) is 0 Å². The quantitative estimate of drug-likeness (QED) is 0.764. The van der Waals surface area contributed by atoms with Crippen LogP contribution in [0.1, 0.15) is 0 Å². The molecule has 21 heavy (non-hydrogen) atoms. The Morgan fingerprint density at radius 2 is 1.62 bits per heavy atom. The Morgan fingerprint density at radius 3 is 2.24 bits per heavy atom. The van der Waals surface area contributed by atoms with Crippen LogP contribution in [0, 0.1) is 0 Å². The summed E-state index contributed by atoms with van der Waals surface area (Å²) < 4.78 is 16.5. The molecule has 0 unspecified atom stereocenters. The van der Waals surface area contributed by atoms with Crippen molar-refractivity contribution in [1.82, 2.24) is 0 Å². The molecule has 0 aliphatic heterocycles. The van der Waals surface area contributed by atoms with Gasteiger partial charge in [0.1, 0.15) is 0 Å². The fourth-order valence-electron chi connectivity index (χ4n) is 2.21. The van der Waals surface area contributed by atoms with E-state index in [1.165, 1.54) is 0 Å². The van der Waals surface area contributed by atoms with Crippen LogP contribution in [-0.2, 0) is 4.65 Å². The van der Waals surface area contributed by atoms with Gasteiger partial charge in [0, 0.05) is 13.2 Å². The van der Waals surface area contributed by atoms with Gasteiger partial charge in [0.2, 0.25) is 0 Å². The van der Waals surface area contributed by atoms with Gasteiger partial charge in [-0.05, 0) is 23.1 Å². The van der Waals surface area contributed by atoms with Crippen LogP contribution in [0.3, 0.4) is 0 Å². The Kier molecular flexibility index (Phi) is 5.66. The fraction of sp³-hybridized carbons (Fsp3) is 0.250. The molecular formula is C16H20BNO3. The molecule has 0 spiro atoms.